The highest BCUT2D eigenvalue weighted by Crippen LogP contribution is 2.33. The van der Waals surface area contributed by atoms with Gasteiger partial charge in [0, 0.05) is 5.92 Å². The average molecular weight is 154 g/mol. The molecule has 1 aliphatic heterocycles. The lowest BCUT2D eigenvalue weighted by atomic mass is 9.95. The van der Waals surface area contributed by atoms with E-state index in [1.165, 1.54) is 5.57 Å². The SMILES string of the molecule is SC1OCC2CC=CC=C21. The highest BCUT2D eigenvalue weighted by molar-refractivity contribution is 7.81. The number of hydrogen-bond acceptors (Lipinski definition) is 2. The van der Waals surface area contributed by atoms with Crippen molar-refractivity contribution in [2.24, 2.45) is 5.92 Å². The van der Waals surface area contributed by atoms with Crippen LogP contribution in [0.25, 0.3) is 0 Å². The van der Waals surface area contributed by atoms with Crippen molar-refractivity contribution in [3.8, 4) is 0 Å². The molecule has 1 nitrogen and oxygen atoms in total. The van der Waals surface area contributed by atoms with Crippen LogP contribution in [0.1, 0.15) is 6.42 Å². The van der Waals surface area contributed by atoms with Crippen molar-refractivity contribution in [2.45, 2.75) is 11.9 Å². The lowest BCUT2D eigenvalue weighted by Crippen LogP contribution is -2.04. The molecule has 2 heteroatoms. The Morgan fingerprint density at radius 1 is 1.60 bits per heavy atom. The number of hydrogen-bond donors (Lipinski definition) is 1. The van der Waals surface area contributed by atoms with Crippen LogP contribution < -0.4 is 0 Å². The molecule has 0 amide bonds. The third-order valence-electron chi connectivity index (χ3n) is 2.06. The van der Waals surface area contributed by atoms with Gasteiger partial charge in [0.15, 0.2) is 0 Å². The van der Waals surface area contributed by atoms with E-state index in [1.807, 2.05) is 0 Å². The zero-order chi connectivity index (χ0) is 6.97. The second kappa shape index (κ2) is 2.44. The standard InChI is InChI=1S/C8H10OS/c10-8-7-4-2-1-3-6(7)5-9-8/h1-2,4,6,8,10H,3,5H2. The Hall–Kier alpha value is -0.210. The molecule has 54 valence electrons. The highest BCUT2D eigenvalue weighted by atomic mass is 32.1. The number of ether oxygens (including phenoxy) is 1. The van der Waals surface area contributed by atoms with Gasteiger partial charge in [-0.1, -0.05) is 18.2 Å². The first kappa shape index (κ1) is 6.50. The van der Waals surface area contributed by atoms with Crippen LogP contribution >= 0.6 is 12.6 Å². The van der Waals surface area contributed by atoms with Gasteiger partial charge < -0.3 is 4.74 Å². The van der Waals surface area contributed by atoms with Crippen molar-refractivity contribution in [3.05, 3.63) is 23.8 Å². The van der Waals surface area contributed by atoms with Crippen LogP contribution in [-0.2, 0) is 4.74 Å². The number of allylic oxidation sites excluding steroid dienone is 3. The molecule has 2 rings (SSSR count). The van der Waals surface area contributed by atoms with Crippen molar-refractivity contribution >= 4 is 12.6 Å². The smallest absolute Gasteiger partial charge is 0.122 e. The molecule has 1 aliphatic carbocycles. The van der Waals surface area contributed by atoms with Crippen LogP contribution in [-0.4, -0.2) is 12.0 Å². The van der Waals surface area contributed by atoms with Gasteiger partial charge in [0.2, 0.25) is 0 Å². The summed E-state index contributed by atoms with van der Waals surface area (Å²) in [6.07, 6.45) is 7.52. The van der Waals surface area contributed by atoms with Gasteiger partial charge >= 0.3 is 0 Å². The van der Waals surface area contributed by atoms with Gasteiger partial charge in [0.25, 0.3) is 0 Å². The zero-order valence-corrected chi connectivity index (χ0v) is 6.55. The normalized spacial score (nSPS) is 37.5. The lowest BCUT2D eigenvalue weighted by Gasteiger charge is -2.11. The van der Waals surface area contributed by atoms with Crippen LogP contribution in [0, 0.1) is 5.92 Å². The van der Waals surface area contributed by atoms with Crippen molar-refractivity contribution in [2.75, 3.05) is 6.61 Å². The predicted octanol–water partition coefficient (Wildman–Crippen LogP) is 1.78. The second-order valence-electron chi connectivity index (χ2n) is 2.71. The average Bonchev–Trinajstić information content (AvgIpc) is 2.34. The van der Waals surface area contributed by atoms with Gasteiger partial charge in [-0.15, -0.1) is 12.6 Å². The number of thiol groups is 1. The van der Waals surface area contributed by atoms with E-state index in [9.17, 15) is 0 Å². The van der Waals surface area contributed by atoms with Gasteiger partial charge in [-0.25, -0.2) is 0 Å². The summed E-state index contributed by atoms with van der Waals surface area (Å²) in [7, 11) is 0. The van der Waals surface area contributed by atoms with Crippen LogP contribution in [0.3, 0.4) is 0 Å². The summed E-state index contributed by atoms with van der Waals surface area (Å²) in [6, 6.07) is 0. The summed E-state index contributed by atoms with van der Waals surface area (Å²) in [5.41, 5.74) is 1.42. The topological polar surface area (TPSA) is 9.23 Å². The van der Waals surface area contributed by atoms with Crippen molar-refractivity contribution < 1.29 is 4.74 Å². The van der Waals surface area contributed by atoms with E-state index < -0.39 is 0 Å². The van der Waals surface area contributed by atoms with E-state index >= 15 is 0 Å². The summed E-state index contributed by atoms with van der Waals surface area (Å²) < 4.78 is 5.36. The predicted molar refractivity (Wildman–Crippen MR) is 44.1 cm³/mol. The Kier molecular flexibility index (Phi) is 1.58. The Labute approximate surface area is 66.2 Å². The van der Waals surface area contributed by atoms with E-state index in [-0.39, 0.29) is 5.44 Å². The Bertz CT molecular complexity index is 195. The number of rotatable bonds is 0. The molecule has 0 aromatic carbocycles. The van der Waals surface area contributed by atoms with E-state index in [1.54, 1.807) is 0 Å². The Morgan fingerprint density at radius 3 is 3.30 bits per heavy atom. The van der Waals surface area contributed by atoms with E-state index in [0.717, 1.165) is 13.0 Å². The fraction of sp³-hybridized carbons (Fsp3) is 0.500. The van der Waals surface area contributed by atoms with Crippen molar-refractivity contribution in [1.82, 2.24) is 0 Å². The largest absolute Gasteiger partial charge is 0.363 e. The summed E-state index contributed by atoms with van der Waals surface area (Å²) in [5, 5.41) is 0. The second-order valence-corrected chi connectivity index (χ2v) is 3.18. The monoisotopic (exact) mass is 154 g/mol. The van der Waals surface area contributed by atoms with Crippen molar-refractivity contribution in [3.63, 3.8) is 0 Å². The third kappa shape index (κ3) is 0.917. The maximum atomic E-state index is 5.36. The molecule has 0 bridgehead atoms. The van der Waals surface area contributed by atoms with Crippen LogP contribution in [0.4, 0.5) is 0 Å². The summed E-state index contributed by atoms with van der Waals surface area (Å²) in [6.45, 7) is 0.852. The molecule has 1 heterocycles. The van der Waals surface area contributed by atoms with E-state index in [4.69, 9.17) is 4.74 Å². The maximum Gasteiger partial charge on any atom is 0.122 e. The van der Waals surface area contributed by atoms with Gasteiger partial charge in [0.1, 0.15) is 5.44 Å². The molecule has 10 heavy (non-hydrogen) atoms. The van der Waals surface area contributed by atoms with Gasteiger partial charge in [0.05, 0.1) is 6.61 Å². The van der Waals surface area contributed by atoms with E-state index in [0.29, 0.717) is 5.92 Å². The molecule has 1 saturated heterocycles. The third-order valence-corrected chi connectivity index (χ3v) is 2.50. The van der Waals surface area contributed by atoms with Gasteiger partial charge in [-0.3, -0.25) is 0 Å². The molecule has 0 spiro atoms. The summed E-state index contributed by atoms with van der Waals surface area (Å²) in [5.74, 6) is 0.618. The Balaban J connectivity index is 2.25. The fourth-order valence-corrected chi connectivity index (χ4v) is 1.83. The first-order valence-corrected chi connectivity index (χ1v) is 4.06. The Morgan fingerprint density at radius 2 is 2.50 bits per heavy atom. The van der Waals surface area contributed by atoms with E-state index in [2.05, 4.69) is 30.9 Å². The lowest BCUT2D eigenvalue weighted by molar-refractivity contribution is 0.170. The molecule has 0 aromatic rings. The highest BCUT2D eigenvalue weighted by Gasteiger charge is 2.28. The minimum atomic E-state index is 0.0648. The first-order valence-electron chi connectivity index (χ1n) is 3.54. The van der Waals surface area contributed by atoms with Crippen LogP contribution in [0.15, 0.2) is 23.8 Å². The minimum absolute atomic E-state index is 0.0648. The minimum Gasteiger partial charge on any atom is -0.363 e. The van der Waals surface area contributed by atoms with Crippen LogP contribution in [0.2, 0.25) is 0 Å². The summed E-state index contributed by atoms with van der Waals surface area (Å²) in [4.78, 5) is 0. The molecule has 1 fully saturated rings. The quantitative estimate of drug-likeness (QED) is 0.523. The molecule has 0 radical (unpaired) electrons. The first-order chi connectivity index (χ1) is 4.88. The molecule has 2 aliphatic rings. The molecular weight excluding hydrogens is 144 g/mol. The molecule has 0 N–H and O–H groups in total. The van der Waals surface area contributed by atoms with Crippen molar-refractivity contribution in [1.29, 1.82) is 0 Å². The molecular formula is C8H10OS. The fourth-order valence-electron chi connectivity index (χ4n) is 1.45. The molecule has 0 aromatic heterocycles. The van der Waals surface area contributed by atoms with Crippen LogP contribution in [0.5, 0.6) is 0 Å². The molecule has 2 unspecified atom stereocenters. The maximum absolute atomic E-state index is 5.36. The van der Waals surface area contributed by atoms with Gasteiger partial charge in [-0.2, -0.15) is 0 Å². The molecule has 2 atom stereocenters. The summed E-state index contributed by atoms with van der Waals surface area (Å²) >= 11 is 4.29. The molecule has 0 saturated carbocycles. The number of fused-ring (bicyclic) bond motifs is 1. The zero-order valence-electron chi connectivity index (χ0n) is 5.66. The van der Waals surface area contributed by atoms with Gasteiger partial charge in [-0.05, 0) is 12.0 Å².